The zero-order chi connectivity index (χ0) is 10.7. The topological polar surface area (TPSA) is 52.1 Å². The lowest BCUT2D eigenvalue weighted by atomic mass is 10.0. The van der Waals surface area contributed by atoms with Gasteiger partial charge in [-0.2, -0.15) is 5.10 Å². The molecular formula is C11H19N3O. The Morgan fingerprint density at radius 1 is 1.67 bits per heavy atom. The molecule has 0 aliphatic carbocycles. The molecule has 0 saturated carbocycles. The minimum absolute atomic E-state index is 0.188. The van der Waals surface area contributed by atoms with Crippen molar-refractivity contribution in [1.29, 1.82) is 0 Å². The summed E-state index contributed by atoms with van der Waals surface area (Å²) >= 11 is 0. The van der Waals surface area contributed by atoms with Crippen LogP contribution in [0.1, 0.15) is 30.7 Å². The molecule has 2 heterocycles. The van der Waals surface area contributed by atoms with E-state index < -0.39 is 0 Å². The highest BCUT2D eigenvalue weighted by Crippen LogP contribution is 2.25. The highest BCUT2D eigenvalue weighted by Gasteiger charge is 2.24. The Morgan fingerprint density at radius 2 is 2.53 bits per heavy atom. The Morgan fingerprint density at radius 3 is 3.20 bits per heavy atom. The van der Waals surface area contributed by atoms with Crippen molar-refractivity contribution in [2.24, 2.45) is 0 Å². The van der Waals surface area contributed by atoms with Gasteiger partial charge in [0, 0.05) is 31.2 Å². The van der Waals surface area contributed by atoms with Crippen molar-refractivity contribution in [2.45, 2.75) is 25.7 Å². The first-order chi connectivity index (χ1) is 7.33. The maximum atomic E-state index is 8.82. The summed E-state index contributed by atoms with van der Waals surface area (Å²) in [5.74, 6) is 0.577. The van der Waals surface area contributed by atoms with Crippen LogP contribution in [0.2, 0.25) is 0 Å². The molecule has 4 heteroatoms. The van der Waals surface area contributed by atoms with Crippen LogP contribution in [0.25, 0.3) is 0 Å². The average Bonchev–Trinajstić information content (AvgIpc) is 2.85. The van der Waals surface area contributed by atoms with E-state index >= 15 is 0 Å². The number of nitrogens with one attached hydrogen (secondary N) is 1. The van der Waals surface area contributed by atoms with Crippen LogP contribution < -0.4 is 0 Å². The number of aromatic nitrogens is 2. The molecule has 0 aromatic carbocycles. The van der Waals surface area contributed by atoms with Gasteiger partial charge >= 0.3 is 0 Å². The third kappa shape index (κ3) is 2.38. The van der Waals surface area contributed by atoms with Crippen molar-refractivity contribution in [3.05, 3.63) is 17.5 Å². The van der Waals surface area contributed by atoms with E-state index in [2.05, 4.69) is 28.1 Å². The number of aliphatic hydroxyl groups is 1. The van der Waals surface area contributed by atoms with Crippen molar-refractivity contribution < 1.29 is 5.11 Å². The van der Waals surface area contributed by atoms with Gasteiger partial charge in [-0.3, -0.25) is 5.10 Å². The van der Waals surface area contributed by atoms with Crippen molar-refractivity contribution in [3.63, 3.8) is 0 Å². The molecule has 2 rings (SSSR count). The number of rotatable bonds is 4. The van der Waals surface area contributed by atoms with Gasteiger partial charge in [0.15, 0.2) is 0 Å². The van der Waals surface area contributed by atoms with Crippen molar-refractivity contribution in [2.75, 3.05) is 26.2 Å². The third-order valence-electron chi connectivity index (χ3n) is 3.17. The average molecular weight is 209 g/mol. The van der Waals surface area contributed by atoms with E-state index in [1.54, 1.807) is 0 Å². The van der Waals surface area contributed by atoms with Gasteiger partial charge in [0.2, 0.25) is 0 Å². The highest BCUT2D eigenvalue weighted by molar-refractivity contribution is 5.15. The Kier molecular flexibility index (Phi) is 3.38. The molecule has 1 aromatic heterocycles. The van der Waals surface area contributed by atoms with Crippen molar-refractivity contribution in [1.82, 2.24) is 15.1 Å². The summed E-state index contributed by atoms with van der Waals surface area (Å²) in [5, 5.41) is 16.1. The van der Waals surface area contributed by atoms with Gasteiger partial charge in [-0.15, -0.1) is 0 Å². The van der Waals surface area contributed by atoms with E-state index in [9.17, 15) is 0 Å². The van der Waals surface area contributed by atoms with Crippen LogP contribution in [0, 0.1) is 0 Å². The summed E-state index contributed by atoms with van der Waals surface area (Å²) < 4.78 is 0. The lowest BCUT2D eigenvalue weighted by Gasteiger charge is -2.11. The zero-order valence-corrected chi connectivity index (χ0v) is 9.24. The lowest BCUT2D eigenvalue weighted by Crippen LogP contribution is -2.19. The molecule has 84 valence electrons. The maximum Gasteiger partial charge on any atom is 0.0669 e. The fourth-order valence-electron chi connectivity index (χ4n) is 2.20. The van der Waals surface area contributed by atoms with Crippen molar-refractivity contribution >= 4 is 0 Å². The van der Waals surface area contributed by atoms with Gasteiger partial charge in [0.1, 0.15) is 0 Å². The van der Waals surface area contributed by atoms with Gasteiger partial charge in [-0.05, 0) is 25.6 Å². The molecule has 0 unspecified atom stereocenters. The second kappa shape index (κ2) is 4.77. The Balaban J connectivity index is 1.97. The third-order valence-corrected chi connectivity index (χ3v) is 3.17. The summed E-state index contributed by atoms with van der Waals surface area (Å²) in [6.45, 7) is 5.82. The first-order valence-electron chi connectivity index (χ1n) is 5.71. The van der Waals surface area contributed by atoms with E-state index in [1.165, 1.54) is 13.0 Å². The molecule has 0 spiro atoms. The van der Waals surface area contributed by atoms with E-state index in [0.717, 1.165) is 24.5 Å². The summed E-state index contributed by atoms with van der Waals surface area (Å²) in [6, 6.07) is 2.10. The summed E-state index contributed by atoms with van der Waals surface area (Å²) in [6.07, 6.45) is 1.88. The van der Waals surface area contributed by atoms with Crippen LogP contribution in [-0.2, 0) is 6.42 Å². The fraction of sp³-hybridized carbons (Fsp3) is 0.727. The number of H-pyrrole nitrogens is 1. The molecule has 1 aromatic rings. The number of likely N-dealkylation sites (N-methyl/N-ethyl adjacent to an activating group) is 1. The van der Waals surface area contributed by atoms with Crippen LogP contribution in [0.5, 0.6) is 0 Å². The molecule has 0 bridgehead atoms. The number of likely N-dealkylation sites (tertiary alicyclic amines) is 1. The highest BCUT2D eigenvalue weighted by atomic mass is 16.3. The summed E-state index contributed by atoms with van der Waals surface area (Å²) in [5.41, 5.74) is 2.21. The van der Waals surface area contributed by atoms with Gasteiger partial charge < -0.3 is 10.0 Å². The van der Waals surface area contributed by atoms with E-state index in [4.69, 9.17) is 5.11 Å². The van der Waals surface area contributed by atoms with Gasteiger partial charge in [0.05, 0.1) is 5.69 Å². The SMILES string of the molecule is CCN1CC[C@H](c2cc(CCO)[nH]n2)C1. The molecule has 1 saturated heterocycles. The predicted octanol–water partition coefficient (Wildman–Crippen LogP) is 0.754. The minimum atomic E-state index is 0.188. The fourth-order valence-corrected chi connectivity index (χ4v) is 2.20. The first kappa shape index (κ1) is 10.6. The molecule has 2 N–H and O–H groups in total. The monoisotopic (exact) mass is 209 g/mol. The second-order valence-electron chi connectivity index (χ2n) is 4.17. The molecule has 1 aliphatic heterocycles. The van der Waals surface area contributed by atoms with E-state index in [-0.39, 0.29) is 6.61 Å². The molecule has 0 radical (unpaired) electrons. The smallest absolute Gasteiger partial charge is 0.0669 e. The van der Waals surface area contributed by atoms with Crippen LogP contribution in [0.3, 0.4) is 0 Å². The summed E-state index contributed by atoms with van der Waals surface area (Å²) in [7, 11) is 0. The number of nitrogens with zero attached hydrogens (tertiary/aromatic N) is 2. The van der Waals surface area contributed by atoms with Crippen LogP contribution >= 0.6 is 0 Å². The Bertz CT molecular complexity index is 311. The molecular weight excluding hydrogens is 190 g/mol. The lowest BCUT2D eigenvalue weighted by molar-refractivity contribution is 0.298. The number of aliphatic hydroxyl groups excluding tert-OH is 1. The van der Waals surface area contributed by atoms with Crippen LogP contribution in [-0.4, -0.2) is 46.4 Å². The molecule has 15 heavy (non-hydrogen) atoms. The molecule has 1 atom stereocenters. The number of hydrogen-bond donors (Lipinski definition) is 2. The Hall–Kier alpha value is -0.870. The zero-order valence-electron chi connectivity index (χ0n) is 9.24. The minimum Gasteiger partial charge on any atom is -0.396 e. The largest absolute Gasteiger partial charge is 0.396 e. The van der Waals surface area contributed by atoms with E-state index in [0.29, 0.717) is 12.3 Å². The standard InChI is InChI=1S/C11H19N3O/c1-2-14-5-3-9(8-14)11-7-10(4-6-15)12-13-11/h7,9,15H,2-6,8H2,1H3,(H,12,13)/t9-/m0/s1. The van der Waals surface area contributed by atoms with Gasteiger partial charge in [-0.25, -0.2) is 0 Å². The van der Waals surface area contributed by atoms with Crippen LogP contribution in [0.15, 0.2) is 6.07 Å². The Labute approximate surface area is 90.3 Å². The quantitative estimate of drug-likeness (QED) is 0.769. The summed E-state index contributed by atoms with van der Waals surface area (Å²) in [4.78, 5) is 2.45. The molecule has 0 amide bonds. The number of aromatic amines is 1. The van der Waals surface area contributed by atoms with E-state index in [1.807, 2.05) is 0 Å². The predicted molar refractivity (Wildman–Crippen MR) is 58.8 cm³/mol. The van der Waals surface area contributed by atoms with Crippen molar-refractivity contribution in [3.8, 4) is 0 Å². The van der Waals surface area contributed by atoms with Gasteiger partial charge in [-0.1, -0.05) is 6.92 Å². The first-order valence-corrected chi connectivity index (χ1v) is 5.71. The molecule has 1 aliphatic rings. The van der Waals surface area contributed by atoms with Gasteiger partial charge in [0.25, 0.3) is 0 Å². The van der Waals surface area contributed by atoms with Crippen LogP contribution in [0.4, 0.5) is 0 Å². The number of hydrogen-bond acceptors (Lipinski definition) is 3. The molecule has 1 fully saturated rings. The normalized spacial score (nSPS) is 22.4. The molecule has 4 nitrogen and oxygen atoms in total. The second-order valence-corrected chi connectivity index (χ2v) is 4.17. The maximum absolute atomic E-state index is 8.82.